The molecule has 0 unspecified atom stereocenters. The normalized spacial score (nSPS) is 17.6. The second-order valence-electron chi connectivity index (χ2n) is 6.31. The summed E-state index contributed by atoms with van der Waals surface area (Å²) in [7, 11) is 0. The fourth-order valence-electron chi connectivity index (χ4n) is 3.03. The highest BCUT2D eigenvalue weighted by atomic mass is 35.5. The Hall–Kier alpha value is -1.98. The van der Waals surface area contributed by atoms with Crippen LogP contribution < -0.4 is 0 Å². The van der Waals surface area contributed by atoms with E-state index in [0.717, 1.165) is 22.8 Å². The zero-order chi connectivity index (χ0) is 17.8. The van der Waals surface area contributed by atoms with Gasteiger partial charge in [0, 0.05) is 23.7 Å². The molecule has 1 aromatic heterocycles. The molecule has 1 aliphatic heterocycles. The van der Waals surface area contributed by atoms with Crippen molar-refractivity contribution in [1.82, 2.24) is 14.9 Å². The van der Waals surface area contributed by atoms with Gasteiger partial charge < -0.3 is 9.64 Å². The minimum atomic E-state index is -0.186. The van der Waals surface area contributed by atoms with Crippen LogP contribution in [0.3, 0.4) is 0 Å². The van der Waals surface area contributed by atoms with Crippen LogP contribution in [0.4, 0.5) is 0 Å². The van der Waals surface area contributed by atoms with Gasteiger partial charge in [0.2, 0.25) is 5.91 Å². The maximum absolute atomic E-state index is 12.6. The van der Waals surface area contributed by atoms with Crippen molar-refractivity contribution in [3.8, 4) is 0 Å². The Labute approximate surface area is 153 Å². The minimum absolute atomic E-state index is 0.144. The maximum atomic E-state index is 12.6. The van der Waals surface area contributed by atoms with Crippen molar-refractivity contribution in [1.29, 1.82) is 0 Å². The third-order valence-electron chi connectivity index (χ3n) is 4.28. The molecule has 2 aromatic rings. The summed E-state index contributed by atoms with van der Waals surface area (Å²) in [6, 6.07) is 9.56. The highest BCUT2D eigenvalue weighted by Crippen LogP contribution is 2.22. The smallest absolute Gasteiger partial charge is 0.223 e. The molecule has 0 N–H and O–H groups in total. The summed E-state index contributed by atoms with van der Waals surface area (Å²) < 4.78 is 5.83. The van der Waals surface area contributed by atoms with Crippen molar-refractivity contribution < 1.29 is 9.53 Å². The summed E-state index contributed by atoms with van der Waals surface area (Å²) in [5.74, 6) is 0.871. The van der Waals surface area contributed by atoms with Crippen LogP contribution in [0.15, 0.2) is 30.3 Å². The number of carbonyl (C=O) groups excluding carboxylic acids is 1. The van der Waals surface area contributed by atoms with E-state index in [-0.39, 0.29) is 12.0 Å². The molecule has 3 rings (SSSR count). The van der Waals surface area contributed by atoms with Gasteiger partial charge in [-0.1, -0.05) is 23.7 Å². The Morgan fingerprint density at radius 1 is 1.28 bits per heavy atom. The summed E-state index contributed by atoms with van der Waals surface area (Å²) in [6.45, 7) is 5.50. The molecule has 0 bridgehead atoms. The first-order valence-corrected chi connectivity index (χ1v) is 8.85. The fourth-order valence-corrected chi connectivity index (χ4v) is 3.15. The van der Waals surface area contributed by atoms with Crippen molar-refractivity contribution in [3.63, 3.8) is 0 Å². The summed E-state index contributed by atoms with van der Waals surface area (Å²) in [5.41, 5.74) is 2.88. The number of hydrogen-bond donors (Lipinski definition) is 0. The lowest BCUT2D eigenvalue weighted by atomic mass is 10.1. The Kier molecular flexibility index (Phi) is 5.66. The van der Waals surface area contributed by atoms with E-state index in [2.05, 4.69) is 9.97 Å². The molecule has 1 fully saturated rings. The van der Waals surface area contributed by atoms with Crippen LogP contribution in [-0.2, 0) is 16.0 Å². The highest BCUT2D eigenvalue weighted by molar-refractivity contribution is 6.30. The second-order valence-corrected chi connectivity index (χ2v) is 6.74. The van der Waals surface area contributed by atoms with Gasteiger partial charge in [-0.05, 0) is 44.0 Å². The lowest BCUT2D eigenvalue weighted by molar-refractivity contribution is -0.139. The Morgan fingerprint density at radius 2 is 2.04 bits per heavy atom. The number of aryl methyl sites for hydroxylation is 3. The van der Waals surface area contributed by atoms with Crippen molar-refractivity contribution in [2.24, 2.45) is 0 Å². The molecule has 5 nitrogen and oxygen atoms in total. The number of morpholine rings is 1. The largest absolute Gasteiger partial charge is 0.368 e. The number of amides is 1. The number of halogens is 1. The molecule has 0 aliphatic carbocycles. The summed E-state index contributed by atoms with van der Waals surface area (Å²) in [6.07, 6.45) is 1.01. The quantitative estimate of drug-likeness (QED) is 0.840. The number of hydrogen-bond acceptors (Lipinski definition) is 4. The topological polar surface area (TPSA) is 55.3 Å². The van der Waals surface area contributed by atoms with Gasteiger partial charge in [0.1, 0.15) is 11.9 Å². The third-order valence-corrected chi connectivity index (χ3v) is 4.53. The molecule has 0 saturated carbocycles. The van der Waals surface area contributed by atoms with Crippen LogP contribution in [0.1, 0.15) is 35.3 Å². The lowest BCUT2D eigenvalue weighted by Crippen LogP contribution is -2.42. The van der Waals surface area contributed by atoms with E-state index in [1.807, 2.05) is 49.1 Å². The molecule has 1 aliphatic rings. The van der Waals surface area contributed by atoms with Crippen LogP contribution in [0.2, 0.25) is 5.02 Å². The standard InChI is InChI=1S/C19H22ClN3O2/c1-13-11-17(22-14(2)21-13)18-12-23(9-10-25-18)19(24)8-5-15-3-6-16(20)7-4-15/h3-4,6-7,11,18H,5,8-10,12H2,1-2H3/t18-/m0/s1. The average Bonchev–Trinajstić information content (AvgIpc) is 2.60. The molecule has 1 atom stereocenters. The van der Waals surface area contributed by atoms with Crippen LogP contribution in [0.25, 0.3) is 0 Å². The number of aromatic nitrogens is 2. The Morgan fingerprint density at radius 3 is 2.76 bits per heavy atom. The summed E-state index contributed by atoms with van der Waals surface area (Å²) >= 11 is 5.89. The molecule has 1 amide bonds. The van der Waals surface area contributed by atoms with Gasteiger partial charge in [0.05, 0.1) is 18.8 Å². The number of carbonyl (C=O) groups is 1. The van der Waals surface area contributed by atoms with E-state index in [9.17, 15) is 4.79 Å². The molecule has 0 spiro atoms. The van der Waals surface area contributed by atoms with E-state index in [0.29, 0.717) is 37.6 Å². The monoisotopic (exact) mass is 359 g/mol. The highest BCUT2D eigenvalue weighted by Gasteiger charge is 2.26. The average molecular weight is 360 g/mol. The van der Waals surface area contributed by atoms with Gasteiger partial charge in [-0.3, -0.25) is 4.79 Å². The first-order valence-electron chi connectivity index (χ1n) is 8.47. The molecule has 2 heterocycles. The van der Waals surface area contributed by atoms with Gasteiger partial charge in [-0.2, -0.15) is 0 Å². The van der Waals surface area contributed by atoms with Crippen molar-refractivity contribution in [2.45, 2.75) is 32.8 Å². The number of rotatable bonds is 4. The van der Waals surface area contributed by atoms with E-state index in [1.165, 1.54) is 0 Å². The van der Waals surface area contributed by atoms with Crippen LogP contribution in [-0.4, -0.2) is 40.5 Å². The number of benzene rings is 1. The van der Waals surface area contributed by atoms with Gasteiger partial charge in [-0.15, -0.1) is 0 Å². The SMILES string of the molecule is Cc1cc([C@@H]2CN(C(=O)CCc3ccc(Cl)cc3)CCO2)nc(C)n1. The van der Waals surface area contributed by atoms with E-state index < -0.39 is 0 Å². The molecule has 25 heavy (non-hydrogen) atoms. The third kappa shape index (κ3) is 4.77. The predicted octanol–water partition coefficient (Wildman–Crippen LogP) is 3.28. The maximum Gasteiger partial charge on any atom is 0.223 e. The molecular weight excluding hydrogens is 338 g/mol. The fraction of sp³-hybridized carbons (Fsp3) is 0.421. The molecule has 6 heteroatoms. The van der Waals surface area contributed by atoms with Gasteiger partial charge >= 0.3 is 0 Å². The lowest BCUT2D eigenvalue weighted by Gasteiger charge is -2.33. The van der Waals surface area contributed by atoms with E-state index >= 15 is 0 Å². The van der Waals surface area contributed by atoms with Crippen molar-refractivity contribution >= 4 is 17.5 Å². The molecule has 0 radical (unpaired) electrons. The van der Waals surface area contributed by atoms with E-state index in [4.69, 9.17) is 16.3 Å². The summed E-state index contributed by atoms with van der Waals surface area (Å²) in [5, 5.41) is 0.710. The second kappa shape index (κ2) is 7.93. The molecule has 1 aromatic carbocycles. The van der Waals surface area contributed by atoms with Crippen molar-refractivity contribution in [3.05, 3.63) is 58.1 Å². The minimum Gasteiger partial charge on any atom is -0.368 e. The molecule has 1 saturated heterocycles. The number of nitrogens with zero attached hydrogens (tertiary/aromatic N) is 3. The predicted molar refractivity (Wildman–Crippen MR) is 96.6 cm³/mol. The Balaban J connectivity index is 1.60. The van der Waals surface area contributed by atoms with Crippen molar-refractivity contribution in [2.75, 3.05) is 19.7 Å². The van der Waals surface area contributed by atoms with Crippen LogP contribution >= 0.6 is 11.6 Å². The number of ether oxygens (including phenoxy) is 1. The zero-order valence-corrected chi connectivity index (χ0v) is 15.3. The van der Waals surface area contributed by atoms with Crippen LogP contribution in [0.5, 0.6) is 0 Å². The first kappa shape index (κ1) is 17.8. The Bertz CT molecular complexity index is 729. The van der Waals surface area contributed by atoms with Gasteiger partial charge in [0.25, 0.3) is 0 Å². The zero-order valence-electron chi connectivity index (χ0n) is 14.5. The van der Waals surface area contributed by atoms with Gasteiger partial charge in [0.15, 0.2) is 0 Å². The molecular formula is C19H22ClN3O2. The molecule has 132 valence electrons. The first-order chi connectivity index (χ1) is 12.0. The van der Waals surface area contributed by atoms with Crippen LogP contribution in [0, 0.1) is 13.8 Å². The van der Waals surface area contributed by atoms with Gasteiger partial charge in [-0.25, -0.2) is 9.97 Å². The van der Waals surface area contributed by atoms with E-state index in [1.54, 1.807) is 0 Å². The summed E-state index contributed by atoms with van der Waals surface area (Å²) in [4.78, 5) is 23.2.